The first-order chi connectivity index (χ1) is 16.8. The predicted molar refractivity (Wildman–Crippen MR) is 122 cm³/mol. The van der Waals surface area contributed by atoms with Crippen molar-refractivity contribution in [3.63, 3.8) is 0 Å². The Bertz CT molecular complexity index is 1420. The summed E-state index contributed by atoms with van der Waals surface area (Å²) in [7, 11) is 1.86. The van der Waals surface area contributed by atoms with Gasteiger partial charge in [-0.1, -0.05) is 12.2 Å². The van der Waals surface area contributed by atoms with Crippen molar-refractivity contribution in [2.75, 3.05) is 25.0 Å². The lowest BCUT2D eigenvalue weighted by Gasteiger charge is -2.28. The smallest absolute Gasteiger partial charge is 0.449 e. The molecule has 0 unspecified atom stereocenters. The number of likely N-dealkylation sites (N-methyl/N-ethyl adjacent to an activating group) is 1. The first-order valence-electron chi connectivity index (χ1n) is 11.0. The maximum atomic E-state index is 16.1. The summed E-state index contributed by atoms with van der Waals surface area (Å²) in [5.74, 6) is -2.94. The summed E-state index contributed by atoms with van der Waals surface area (Å²) in [6.07, 6.45) is 5.26. The number of aromatic nitrogens is 2. The van der Waals surface area contributed by atoms with Crippen LogP contribution in [0.4, 0.5) is 23.8 Å². The molecule has 11 heteroatoms. The highest BCUT2D eigenvalue weighted by molar-refractivity contribution is 5.85. The monoisotopic (exact) mass is 486 g/mol. The number of hydrogen-bond donors (Lipinski definition) is 2. The van der Waals surface area contributed by atoms with E-state index in [1.165, 1.54) is 0 Å². The van der Waals surface area contributed by atoms with Crippen molar-refractivity contribution in [1.29, 1.82) is 0 Å². The molecule has 1 aliphatic heterocycles. The molecular formula is C24H21F3N4O4. The maximum absolute atomic E-state index is 16.1. The van der Waals surface area contributed by atoms with E-state index >= 15 is 4.39 Å². The molecule has 1 aliphatic carbocycles. The van der Waals surface area contributed by atoms with Crippen molar-refractivity contribution in [3.8, 4) is 11.4 Å². The molecule has 3 atom stereocenters. The molecule has 2 N–H and O–H groups in total. The molecule has 1 saturated heterocycles. The number of fused-ring (bicyclic) bond motifs is 2. The maximum Gasteiger partial charge on any atom is 0.511 e. The van der Waals surface area contributed by atoms with Crippen molar-refractivity contribution in [3.05, 3.63) is 70.4 Å². The number of halogens is 3. The van der Waals surface area contributed by atoms with Crippen molar-refractivity contribution < 1.29 is 27.8 Å². The fraction of sp³-hybridized carbons (Fsp3) is 0.292. The number of anilines is 1. The highest BCUT2D eigenvalue weighted by atomic mass is 19.1. The summed E-state index contributed by atoms with van der Waals surface area (Å²) < 4.78 is 49.8. The lowest BCUT2D eigenvalue weighted by molar-refractivity contribution is 0.144. The molecule has 0 saturated carbocycles. The van der Waals surface area contributed by atoms with Crippen LogP contribution in [0.25, 0.3) is 16.6 Å². The molecule has 0 bridgehead atoms. The number of ether oxygens (including phenoxy) is 1. The van der Waals surface area contributed by atoms with Gasteiger partial charge in [0.2, 0.25) is 5.43 Å². The number of carboxylic acid groups (broad SMARTS) is 1. The number of pyridine rings is 2. The van der Waals surface area contributed by atoms with Gasteiger partial charge in [-0.3, -0.25) is 4.79 Å². The molecule has 182 valence electrons. The zero-order chi connectivity index (χ0) is 24.9. The molecule has 1 aromatic carbocycles. The van der Waals surface area contributed by atoms with Crippen molar-refractivity contribution >= 4 is 22.9 Å². The van der Waals surface area contributed by atoms with Gasteiger partial charge in [0.1, 0.15) is 11.6 Å². The van der Waals surface area contributed by atoms with Crippen LogP contribution in [0, 0.1) is 29.3 Å². The Morgan fingerprint density at radius 2 is 2.06 bits per heavy atom. The fourth-order valence-corrected chi connectivity index (χ4v) is 5.07. The highest BCUT2D eigenvalue weighted by Gasteiger charge is 2.39. The summed E-state index contributed by atoms with van der Waals surface area (Å²) in [5.41, 5.74) is -1.53. The Morgan fingerprint density at radius 3 is 2.77 bits per heavy atom. The zero-order valence-electron chi connectivity index (χ0n) is 18.5. The molecule has 8 nitrogen and oxygen atoms in total. The summed E-state index contributed by atoms with van der Waals surface area (Å²) in [5, 5.41) is 12.0. The van der Waals surface area contributed by atoms with Crippen LogP contribution >= 0.6 is 0 Å². The van der Waals surface area contributed by atoms with Crippen LogP contribution in [-0.2, 0) is 0 Å². The van der Waals surface area contributed by atoms with Crippen LogP contribution in [-0.4, -0.2) is 47.0 Å². The van der Waals surface area contributed by atoms with Crippen molar-refractivity contribution in [2.45, 2.75) is 12.5 Å². The number of benzene rings is 1. The molecule has 3 heterocycles. The number of rotatable bonds is 4. The molecule has 0 spiro atoms. The van der Waals surface area contributed by atoms with Crippen LogP contribution in [0.5, 0.6) is 5.75 Å². The number of allylic oxidation sites excluding steroid dienone is 1. The van der Waals surface area contributed by atoms with E-state index in [2.05, 4.69) is 27.2 Å². The first-order valence-corrected chi connectivity index (χ1v) is 11.0. The van der Waals surface area contributed by atoms with Gasteiger partial charge in [-0.2, -0.15) is 0 Å². The van der Waals surface area contributed by atoms with Crippen LogP contribution in [0.3, 0.4) is 0 Å². The molecule has 2 aliphatic rings. The predicted octanol–water partition coefficient (Wildman–Crippen LogP) is 3.46. The molecule has 0 amide bonds. The third kappa shape index (κ3) is 3.91. The van der Waals surface area contributed by atoms with E-state index < -0.39 is 34.8 Å². The van der Waals surface area contributed by atoms with Crippen molar-refractivity contribution in [1.82, 2.24) is 14.9 Å². The average Bonchev–Trinajstić information content (AvgIpc) is 3.25. The number of hydrogen-bond acceptors (Lipinski definition) is 6. The molecule has 2 aromatic heterocycles. The third-order valence-corrected chi connectivity index (χ3v) is 6.67. The first kappa shape index (κ1) is 22.9. The van der Waals surface area contributed by atoms with Gasteiger partial charge in [-0.05, 0) is 31.5 Å². The summed E-state index contributed by atoms with van der Waals surface area (Å²) in [4.78, 5) is 29.9. The Labute approximate surface area is 197 Å². The molecule has 5 rings (SSSR count). The van der Waals surface area contributed by atoms with Crippen LogP contribution < -0.4 is 20.4 Å². The summed E-state index contributed by atoms with van der Waals surface area (Å²) in [6.45, 7) is 1.06. The van der Waals surface area contributed by atoms with Crippen LogP contribution in [0.2, 0.25) is 0 Å². The summed E-state index contributed by atoms with van der Waals surface area (Å²) >= 11 is 0. The van der Waals surface area contributed by atoms with Gasteiger partial charge in [-0.15, -0.1) is 0 Å². The van der Waals surface area contributed by atoms with Crippen LogP contribution in [0.15, 0.2) is 47.5 Å². The SMILES string of the molecule is CN[C@@H]1C=CC[C@@H]2CN(c3ncc4c(=O)c(OC(=O)O)cn(-c5ccc(F)cc5F)c4c3F)C[C@@H]21. The summed E-state index contributed by atoms with van der Waals surface area (Å²) in [6, 6.07) is 2.76. The minimum Gasteiger partial charge on any atom is -0.449 e. The molecule has 35 heavy (non-hydrogen) atoms. The second-order valence-corrected chi connectivity index (χ2v) is 8.62. The number of carbonyl (C=O) groups is 1. The molecule has 0 radical (unpaired) electrons. The molecule has 3 aromatic rings. The van der Waals surface area contributed by atoms with E-state index in [4.69, 9.17) is 5.11 Å². The molecule has 1 fully saturated rings. The van der Waals surface area contributed by atoms with E-state index in [0.29, 0.717) is 19.2 Å². The van der Waals surface area contributed by atoms with Gasteiger partial charge in [0.05, 0.1) is 22.8 Å². The van der Waals surface area contributed by atoms with E-state index in [9.17, 15) is 18.4 Å². The lowest BCUT2D eigenvalue weighted by Crippen LogP contribution is -2.38. The third-order valence-electron chi connectivity index (χ3n) is 6.67. The lowest BCUT2D eigenvalue weighted by atomic mass is 9.82. The van der Waals surface area contributed by atoms with Crippen molar-refractivity contribution in [2.24, 2.45) is 11.8 Å². The Hall–Kier alpha value is -3.86. The fourth-order valence-electron chi connectivity index (χ4n) is 5.07. The Balaban J connectivity index is 1.69. The minimum absolute atomic E-state index is 0.00988. The van der Waals surface area contributed by atoms with E-state index in [-0.39, 0.29) is 40.3 Å². The van der Waals surface area contributed by atoms with Gasteiger partial charge in [0, 0.05) is 37.3 Å². The number of nitrogens with zero attached hydrogens (tertiary/aromatic N) is 3. The van der Waals surface area contributed by atoms with Gasteiger partial charge >= 0.3 is 6.16 Å². The topological polar surface area (TPSA) is 96.7 Å². The second kappa shape index (κ2) is 8.73. The average molecular weight is 486 g/mol. The Morgan fingerprint density at radius 1 is 1.26 bits per heavy atom. The van der Waals surface area contributed by atoms with Gasteiger partial charge in [0.15, 0.2) is 17.4 Å². The van der Waals surface area contributed by atoms with Crippen LogP contribution in [0.1, 0.15) is 6.42 Å². The quantitative estimate of drug-likeness (QED) is 0.431. The highest BCUT2D eigenvalue weighted by Crippen LogP contribution is 2.37. The van der Waals surface area contributed by atoms with Gasteiger partial charge < -0.3 is 24.6 Å². The van der Waals surface area contributed by atoms with Gasteiger partial charge in [-0.25, -0.2) is 22.9 Å². The number of nitrogens with one attached hydrogen (secondary N) is 1. The standard InChI is InChI=1S/C24H21F3N4O4/c1-28-17-4-2-3-12-9-30(10-15(12)17)23-20(27)21-14(8-29-23)22(32)19(35-24(33)34)11-31(21)18-6-5-13(25)7-16(18)26/h2,4-8,11-12,15,17,28H,3,9-10H2,1H3,(H,33,34)/t12-,15+,17-/m1/s1. The van der Waals surface area contributed by atoms with E-state index in [1.54, 1.807) is 4.90 Å². The van der Waals surface area contributed by atoms with E-state index in [0.717, 1.165) is 35.5 Å². The zero-order valence-corrected chi connectivity index (χ0v) is 18.5. The normalized spacial score (nSPS) is 21.4. The minimum atomic E-state index is -1.77. The van der Waals surface area contributed by atoms with Gasteiger partial charge in [0.25, 0.3) is 0 Å². The Kier molecular flexibility index (Phi) is 5.72. The molecular weight excluding hydrogens is 465 g/mol. The second-order valence-electron chi connectivity index (χ2n) is 8.62. The largest absolute Gasteiger partial charge is 0.511 e. The van der Waals surface area contributed by atoms with E-state index in [1.807, 2.05) is 7.05 Å².